The standard InChI is InChI=1S/C19H23N5O2/c25-18-12-16(13-22-8-1-2-9-22)21-17-14-23(10-3-11-24(17)18)19(26)15-4-6-20-7-5-15/h4-7,12H,1-3,8-11,13-14H2. The molecule has 26 heavy (non-hydrogen) atoms. The summed E-state index contributed by atoms with van der Waals surface area (Å²) in [5.74, 6) is 0.645. The lowest BCUT2D eigenvalue weighted by molar-refractivity contribution is 0.0743. The van der Waals surface area contributed by atoms with Crippen molar-refractivity contribution in [3.8, 4) is 0 Å². The van der Waals surface area contributed by atoms with Gasteiger partial charge in [0.1, 0.15) is 5.82 Å². The quantitative estimate of drug-likeness (QED) is 0.831. The number of pyridine rings is 1. The van der Waals surface area contributed by atoms with E-state index in [-0.39, 0.29) is 11.5 Å². The molecule has 136 valence electrons. The molecule has 0 atom stereocenters. The number of likely N-dealkylation sites (tertiary alicyclic amines) is 1. The van der Waals surface area contributed by atoms with Gasteiger partial charge >= 0.3 is 0 Å². The maximum Gasteiger partial charge on any atom is 0.254 e. The molecular formula is C19H23N5O2. The number of nitrogens with zero attached hydrogens (tertiary/aromatic N) is 5. The largest absolute Gasteiger partial charge is 0.331 e. The number of aromatic nitrogens is 3. The number of hydrogen-bond donors (Lipinski definition) is 0. The molecule has 1 saturated heterocycles. The van der Waals surface area contributed by atoms with Crippen LogP contribution in [0.1, 0.15) is 41.1 Å². The van der Waals surface area contributed by atoms with Crippen LogP contribution < -0.4 is 5.56 Å². The van der Waals surface area contributed by atoms with Crippen LogP contribution in [0.4, 0.5) is 0 Å². The second-order valence-electron chi connectivity index (χ2n) is 6.95. The summed E-state index contributed by atoms with van der Waals surface area (Å²) >= 11 is 0. The molecule has 2 aromatic heterocycles. The van der Waals surface area contributed by atoms with Crippen molar-refractivity contribution in [3.05, 3.63) is 58.0 Å². The van der Waals surface area contributed by atoms with E-state index in [1.807, 2.05) is 0 Å². The highest BCUT2D eigenvalue weighted by molar-refractivity contribution is 5.94. The second kappa shape index (κ2) is 7.37. The molecule has 4 rings (SSSR count). The van der Waals surface area contributed by atoms with Crippen LogP contribution in [0.25, 0.3) is 0 Å². The van der Waals surface area contributed by atoms with Gasteiger partial charge < -0.3 is 4.90 Å². The number of hydrogen-bond acceptors (Lipinski definition) is 5. The van der Waals surface area contributed by atoms with E-state index < -0.39 is 0 Å². The third kappa shape index (κ3) is 3.53. The lowest BCUT2D eigenvalue weighted by Gasteiger charge is -2.21. The molecule has 2 aromatic rings. The van der Waals surface area contributed by atoms with Gasteiger partial charge in [-0.3, -0.25) is 24.0 Å². The normalized spacial score (nSPS) is 17.8. The van der Waals surface area contributed by atoms with E-state index in [1.165, 1.54) is 12.8 Å². The van der Waals surface area contributed by atoms with Gasteiger partial charge in [-0.2, -0.15) is 0 Å². The number of rotatable bonds is 3. The third-order valence-corrected chi connectivity index (χ3v) is 5.08. The van der Waals surface area contributed by atoms with Gasteiger partial charge in [0, 0.05) is 43.7 Å². The van der Waals surface area contributed by atoms with Crippen LogP contribution in [-0.4, -0.2) is 49.9 Å². The Kier molecular flexibility index (Phi) is 4.79. The molecular weight excluding hydrogens is 330 g/mol. The van der Waals surface area contributed by atoms with Crippen LogP contribution in [0.3, 0.4) is 0 Å². The van der Waals surface area contributed by atoms with E-state index in [0.29, 0.717) is 37.6 Å². The molecule has 0 unspecified atom stereocenters. The Labute approximate surface area is 152 Å². The van der Waals surface area contributed by atoms with Crippen LogP contribution in [0.5, 0.6) is 0 Å². The molecule has 7 nitrogen and oxygen atoms in total. The van der Waals surface area contributed by atoms with Crippen molar-refractivity contribution < 1.29 is 4.79 Å². The Morgan fingerprint density at radius 1 is 1.04 bits per heavy atom. The first-order chi connectivity index (χ1) is 12.7. The minimum absolute atomic E-state index is 0.0117. The highest BCUT2D eigenvalue weighted by atomic mass is 16.2. The van der Waals surface area contributed by atoms with Crippen molar-refractivity contribution in [3.63, 3.8) is 0 Å². The van der Waals surface area contributed by atoms with E-state index in [2.05, 4.69) is 9.88 Å². The smallest absolute Gasteiger partial charge is 0.254 e. The fourth-order valence-corrected chi connectivity index (χ4v) is 3.74. The molecule has 0 radical (unpaired) electrons. The molecule has 1 fully saturated rings. The predicted octanol–water partition coefficient (Wildman–Crippen LogP) is 1.28. The van der Waals surface area contributed by atoms with Crippen molar-refractivity contribution in [2.24, 2.45) is 0 Å². The zero-order valence-electron chi connectivity index (χ0n) is 14.8. The Balaban J connectivity index is 1.59. The Bertz CT molecular complexity index is 843. The Hall–Kier alpha value is -2.54. The van der Waals surface area contributed by atoms with Gasteiger partial charge in [0.05, 0.1) is 12.2 Å². The monoisotopic (exact) mass is 353 g/mol. The SMILES string of the molecule is O=C(c1ccncc1)N1CCCn2c(nc(CN3CCCC3)cc2=O)C1. The second-order valence-corrected chi connectivity index (χ2v) is 6.95. The van der Waals surface area contributed by atoms with Crippen LogP contribution in [0.2, 0.25) is 0 Å². The number of amides is 1. The molecule has 0 bridgehead atoms. The minimum atomic E-state index is -0.0416. The lowest BCUT2D eigenvalue weighted by Crippen LogP contribution is -2.32. The van der Waals surface area contributed by atoms with Gasteiger partial charge in [0.25, 0.3) is 11.5 Å². The number of carbonyl (C=O) groups excluding carboxylic acids is 1. The Morgan fingerprint density at radius 2 is 1.81 bits per heavy atom. The van der Waals surface area contributed by atoms with Gasteiger partial charge in [-0.1, -0.05) is 0 Å². The van der Waals surface area contributed by atoms with Crippen LogP contribution in [0, 0.1) is 0 Å². The molecule has 0 aromatic carbocycles. The van der Waals surface area contributed by atoms with Gasteiger partial charge in [-0.05, 0) is 44.5 Å². The molecule has 0 spiro atoms. The zero-order chi connectivity index (χ0) is 17.9. The molecule has 2 aliphatic rings. The van der Waals surface area contributed by atoms with Gasteiger partial charge in [0.15, 0.2) is 0 Å². The summed E-state index contributed by atoms with van der Waals surface area (Å²) in [6, 6.07) is 5.09. The summed E-state index contributed by atoms with van der Waals surface area (Å²) in [6.07, 6.45) is 6.40. The fraction of sp³-hybridized carbons (Fsp3) is 0.474. The van der Waals surface area contributed by atoms with Crippen molar-refractivity contribution in [1.29, 1.82) is 0 Å². The topological polar surface area (TPSA) is 71.3 Å². The molecule has 0 saturated carbocycles. The maximum absolute atomic E-state index is 12.8. The van der Waals surface area contributed by atoms with E-state index in [4.69, 9.17) is 4.98 Å². The van der Waals surface area contributed by atoms with Crippen LogP contribution >= 0.6 is 0 Å². The summed E-state index contributed by atoms with van der Waals surface area (Å²) in [4.78, 5) is 38.1. The van der Waals surface area contributed by atoms with E-state index in [1.54, 1.807) is 40.1 Å². The first-order valence-electron chi connectivity index (χ1n) is 9.22. The zero-order valence-corrected chi connectivity index (χ0v) is 14.8. The Morgan fingerprint density at radius 3 is 2.58 bits per heavy atom. The molecule has 1 amide bonds. The first kappa shape index (κ1) is 16.9. The summed E-state index contributed by atoms with van der Waals surface area (Å²) in [7, 11) is 0. The van der Waals surface area contributed by atoms with E-state index in [9.17, 15) is 9.59 Å². The molecule has 7 heteroatoms. The lowest BCUT2D eigenvalue weighted by atomic mass is 10.2. The first-order valence-corrected chi connectivity index (χ1v) is 9.22. The average Bonchev–Trinajstić information content (AvgIpc) is 3.06. The third-order valence-electron chi connectivity index (χ3n) is 5.08. The van der Waals surface area contributed by atoms with Crippen LogP contribution in [-0.2, 0) is 19.6 Å². The molecule has 0 aliphatic carbocycles. The summed E-state index contributed by atoms with van der Waals surface area (Å²) < 4.78 is 1.72. The fourth-order valence-electron chi connectivity index (χ4n) is 3.74. The number of fused-ring (bicyclic) bond motifs is 1. The van der Waals surface area contributed by atoms with Crippen molar-refractivity contribution >= 4 is 5.91 Å². The highest BCUT2D eigenvalue weighted by Crippen LogP contribution is 2.15. The van der Waals surface area contributed by atoms with Gasteiger partial charge in [-0.15, -0.1) is 0 Å². The molecule has 4 heterocycles. The van der Waals surface area contributed by atoms with Crippen molar-refractivity contribution in [2.75, 3.05) is 19.6 Å². The van der Waals surface area contributed by atoms with E-state index in [0.717, 1.165) is 25.2 Å². The average molecular weight is 353 g/mol. The van der Waals surface area contributed by atoms with Gasteiger partial charge in [-0.25, -0.2) is 4.98 Å². The maximum atomic E-state index is 12.8. The summed E-state index contributed by atoms with van der Waals surface area (Å²) in [5, 5.41) is 0. The van der Waals surface area contributed by atoms with Crippen molar-refractivity contribution in [1.82, 2.24) is 24.3 Å². The van der Waals surface area contributed by atoms with E-state index >= 15 is 0 Å². The predicted molar refractivity (Wildman–Crippen MR) is 96.6 cm³/mol. The van der Waals surface area contributed by atoms with Gasteiger partial charge in [0.2, 0.25) is 0 Å². The molecule has 0 N–H and O–H groups in total. The summed E-state index contributed by atoms with van der Waals surface area (Å²) in [6.45, 7) is 4.42. The minimum Gasteiger partial charge on any atom is -0.331 e. The van der Waals surface area contributed by atoms with Crippen molar-refractivity contribution in [2.45, 2.75) is 38.9 Å². The summed E-state index contributed by atoms with van der Waals surface area (Å²) in [5.41, 5.74) is 1.41. The highest BCUT2D eigenvalue weighted by Gasteiger charge is 2.23. The number of carbonyl (C=O) groups is 1. The molecule has 2 aliphatic heterocycles. The van der Waals surface area contributed by atoms with Crippen LogP contribution in [0.15, 0.2) is 35.4 Å².